The minimum absolute atomic E-state index is 0. The molecule has 1 aliphatic heterocycles. The fraction of sp³-hybridized carbons (Fsp3) is 0.500. The monoisotopic (exact) mass is 361 g/mol. The molecule has 20 heavy (non-hydrogen) atoms. The van der Waals surface area contributed by atoms with E-state index in [1.807, 2.05) is 31.3 Å². The van der Waals surface area contributed by atoms with Gasteiger partial charge in [-0.25, -0.2) is 0 Å². The summed E-state index contributed by atoms with van der Waals surface area (Å²) in [5.41, 5.74) is 0.832. The van der Waals surface area contributed by atoms with E-state index in [0.29, 0.717) is 12.5 Å². The summed E-state index contributed by atoms with van der Waals surface area (Å²) in [4.78, 5) is 14.2. The van der Waals surface area contributed by atoms with Crippen molar-refractivity contribution in [3.8, 4) is 0 Å². The topological polar surface area (TPSA) is 44.4 Å². The highest BCUT2D eigenvalue weighted by Crippen LogP contribution is 2.21. The molecule has 1 aromatic carbocycles. The summed E-state index contributed by atoms with van der Waals surface area (Å²) in [6.45, 7) is 3.52. The van der Waals surface area contributed by atoms with Gasteiger partial charge in [0.2, 0.25) is 5.91 Å². The first kappa shape index (κ1) is 17.4. The van der Waals surface area contributed by atoms with E-state index in [4.69, 9.17) is 0 Å². The highest BCUT2D eigenvalue weighted by molar-refractivity contribution is 9.10. The molecule has 0 spiro atoms. The quantitative estimate of drug-likeness (QED) is 0.845. The molecule has 0 radical (unpaired) electrons. The minimum atomic E-state index is 0. The van der Waals surface area contributed by atoms with Crippen LogP contribution in [0.25, 0.3) is 0 Å². The lowest BCUT2D eigenvalue weighted by molar-refractivity contribution is -0.117. The SMILES string of the molecule is CNCC1CCN(CC(=O)Nc2ccccc2Br)C1.Cl. The van der Waals surface area contributed by atoms with Gasteiger partial charge in [-0.05, 0) is 60.5 Å². The van der Waals surface area contributed by atoms with Gasteiger partial charge in [-0.1, -0.05) is 12.1 Å². The Bertz CT molecular complexity index is 444. The van der Waals surface area contributed by atoms with Gasteiger partial charge in [-0.15, -0.1) is 12.4 Å². The molecule has 6 heteroatoms. The standard InChI is InChI=1S/C14H20BrN3O.ClH/c1-16-8-11-6-7-18(9-11)10-14(19)17-13-5-3-2-4-12(13)15;/h2-5,11,16H,6-10H2,1H3,(H,17,19);1H. The van der Waals surface area contributed by atoms with E-state index in [9.17, 15) is 4.79 Å². The Hall–Kier alpha value is -0.620. The minimum Gasteiger partial charge on any atom is -0.324 e. The van der Waals surface area contributed by atoms with Crippen molar-refractivity contribution in [1.29, 1.82) is 0 Å². The maximum Gasteiger partial charge on any atom is 0.238 e. The van der Waals surface area contributed by atoms with E-state index in [0.717, 1.165) is 29.8 Å². The van der Waals surface area contributed by atoms with E-state index in [2.05, 4.69) is 31.5 Å². The first-order valence-electron chi connectivity index (χ1n) is 6.60. The average molecular weight is 363 g/mol. The third-order valence-electron chi connectivity index (χ3n) is 3.38. The van der Waals surface area contributed by atoms with E-state index < -0.39 is 0 Å². The van der Waals surface area contributed by atoms with Gasteiger partial charge in [-0.2, -0.15) is 0 Å². The Morgan fingerprint density at radius 3 is 2.90 bits per heavy atom. The van der Waals surface area contributed by atoms with Gasteiger partial charge in [0.05, 0.1) is 12.2 Å². The number of halogens is 2. The van der Waals surface area contributed by atoms with Crippen LogP contribution in [-0.2, 0) is 4.79 Å². The van der Waals surface area contributed by atoms with Crippen molar-refractivity contribution in [3.05, 3.63) is 28.7 Å². The van der Waals surface area contributed by atoms with Gasteiger partial charge in [-0.3, -0.25) is 9.69 Å². The van der Waals surface area contributed by atoms with Gasteiger partial charge in [0.15, 0.2) is 0 Å². The van der Waals surface area contributed by atoms with Crippen LogP contribution in [0.4, 0.5) is 5.69 Å². The third-order valence-corrected chi connectivity index (χ3v) is 4.07. The molecule has 1 saturated heterocycles. The highest BCUT2D eigenvalue weighted by atomic mass is 79.9. The molecule has 1 amide bonds. The molecule has 1 atom stereocenters. The largest absolute Gasteiger partial charge is 0.324 e. The number of likely N-dealkylation sites (tertiary alicyclic amines) is 1. The van der Waals surface area contributed by atoms with Crippen LogP contribution in [0, 0.1) is 5.92 Å². The van der Waals surface area contributed by atoms with Crippen molar-refractivity contribution in [1.82, 2.24) is 10.2 Å². The normalized spacial score (nSPS) is 18.6. The van der Waals surface area contributed by atoms with Crippen LogP contribution >= 0.6 is 28.3 Å². The number of amides is 1. The van der Waals surface area contributed by atoms with Crippen LogP contribution in [0.5, 0.6) is 0 Å². The Balaban J connectivity index is 0.00000200. The molecule has 112 valence electrons. The number of benzene rings is 1. The number of nitrogens with one attached hydrogen (secondary N) is 2. The second-order valence-corrected chi connectivity index (χ2v) is 5.83. The van der Waals surface area contributed by atoms with E-state index in [1.165, 1.54) is 6.42 Å². The first-order chi connectivity index (χ1) is 9.19. The predicted octanol–water partition coefficient (Wildman–Crippen LogP) is 2.35. The Labute approximate surface area is 134 Å². The van der Waals surface area contributed by atoms with Gasteiger partial charge >= 0.3 is 0 Å². The van der Waals surface area contributed by atoms with Crippen LogP contribution < -0.4 is 10.6 Å². The second-order valence-electron chi connectivity index (χ2n) is 4.98. The molecular weight excluding hydrogens is 342 g/mol. The predicted molar refractivity (Wildman–Crippen MR) is 88.5 cm³/mol. The number of hydrogen-bond donors (Lipinski definition) is 2. The van der Waals surface area contributed by atoms with Crippen molar-refractivity contribution < 1.29 is 4.79 Å². The molecule has 0 aliphatic carbocycles. The van der Waals surface area contributed by atoms with Crippen molar-refractivity contribution in [3.63, 3.8) is 0 Å². The maximum atomic E-state index is 12.0. The summed E-state index contributed by atoms with van der Waals surface area (Å²) in [6, 6.07) is 7.67. The molecule has 4 nitrogen and oxygen atoms in total. The zero-order valence-corrected chi connectivity index (χ0v) is 14.0. The van der Waals surface area contributed by atoms with E-state index in [1.54, 1.807) is 0 Å². The van der Waals surface area contributed by atoms with Crippen LogP contribution in [0.2, 0.25) is 0 Å². The summed E-state index contributed by atoms with van der Waals surface area (Å²) >= 11 is 3.43. The van der Waals surface area contributed by atoms with Crippen molar-refractivity contribution >= 4 is 39.9 Å². The summed E-state index contributed by atoms with van der Waals surface area (Å²) in [5.74, 6) is 0.721. The smallest absolute Gasteiger partial charge is 0.238 e. The van der Waals surface area contributed by atoms with E-state index >= 15 is 0 Å². The molecule has 1 aromatic rings. The number of para-hydroxylation sites is 1. The summed E-state index contributed by atoms with van der Waals surface area (Å²) in [5, 5.41) is 6.14. The van der Waals surface area contributed by atoms with Crippen LogP contribution in [0.3, 0.4) is 0 Å². The van der Waals surface area contributed by atoms with Gasteiger partial charge in [0, 0.05) is 11.0 Å². The fourth-order valence-corrected chi connectivity index (χ4v) is 2.85. The fourth-order valence-electron chi connectivity index (χ4n) is 2.47. The molecule has 0 saturated carbocycles. The van der Waals surface area contributed by atoms with Gasteiger partial charge in [0.1, 0.15) is 0 Å². The lowest BCUT2D eigenvalue weighted by Gasteiger charge is -2.16. The number of carbonyl (C=O) groups excluding carboxylic acids is 1. The summed E-state index contributed by atoms with van der Waals surface area (Å²) < 4.78 is 0.915. The lowest BCUT2D eigenvalue weighted by atomic mass is 10.1. The van der Waals surface area contributed by atoms with Crippen molar-refractivity contribution in [2.75, 3.05) is 38.5 Å². The molecule has 1 aliphatic rings. The number of nitrogens with zero attached hydrogens (tertiary/aromatic N) is 1. The Morgan fingerprint density at radius 1 is 1.45 bits per heavy atom. The Kier molecular flexibility index (Phi) is 7.51. The number of carbonyl (C=O) groups is 1. The molecule has 2 N–H and O–H groups in total. The zero-order valence-electron chi connectivity index (χ0n) is 11.6. The molecule has 1 fully saturated rings. The average Bonchev–Trinajstić information content (AvgIpc) is 2.80. The maximum absolute atomic E-state index is 12.0. The molecule has 2 rings (SSSR count). The van der Waals surface area contributed by atoms with Crippen LogP contribution in [0.1, 0.15) is 6.42 Å². The number of rotatable bonds is 5. The number of anilines is 1. The Morgan fingerprint density at radius 2 is 2.20 bits per heavy atom. The zero-order chi connectivity index (χ0) is 13.7. The molecule has 1 unspecified atom stereocenters. The van der Waals surface area contributed by atoms with E-state index in [-0.39, 0.29) is 18.3 Å². The van der Waals surface area contributed by atoms with Gasteiger partial charge < -0.3 is 10.6 Å². The second kappa shape index (κ2) is 8.62. The molecule has 0 bridgehead atoms. The van der Waals surface area contributed by atoms with Crippen molar-refractivity contribution in [2.45, 2.75) is 6.42 Å². The summed E-state index contributed by atoms with van der Waals surface area (Å²) in [6.07, 6.45) is 1.17. The molecular formula is C14H21BrClN3O. The molecule has 1 heterocycles. The lowest BCUT2D eigenvalue weighted by Crippen LogP contribution is -2.32. The number of hydrogen-bond acceptors (Lipinski definition) is 3. The third kappa shape index (κ3) is 5.05. The van der Waals surface area contributed by atoms with Crippen LogP contribution in [0.15, 0.2) is 28.7 Å². The highest BCUT2D eigenvalue weighted by Gasteiger charge is 2.23. The summed E-state index contributed by atoms with van der Waals surface area (Å²) in [7, 11) is 1.97. The van der Waals surface area contributed by atoms with Crippen molar-refractivity contribution in [2.24, 2.45) is 5.92 Å². The van der Waals surface area contributed by atoms with Gasteiger partial charge in [0.25, 0.3) is 0 Å². The van der Waals surface area contributed by atoms with Crippen LogP contribution in [-0.4, -0.2) is 44.0 Å². The first-order valence-corrected chi connectivity index (χ1v) is 7.39. The molecule has 0 aromatic heterocycles.